The highest BCUT2D eigenvalue weighted by Crippen LogP contribution is 2.52. The Morgan fingerprint density at radius 1 is 0.889 bits per heavy atom. The van der Waals surface area contributed by atoms with Gasteiger partial charge in [0.25, 0.3) is 0 Å². The van der Waals surface area contributed by atoms with Crippen LogP contribution < -0.4 is 0 Å². The van der Waals surface area contributed by atoms with Gasteiger partial charge in [-0.25, -0.2) is 0 Å². The molecule has 0 aromatic heterocycles. The quantitative estimate of drug-likeness (QED) is 0.914. The minimum Gasteiger partial charge on any atom is -0.396 e. The third kappa shape index (κ3) is 2.30. The molecule has 0 radical (unpaired) electrons. The van der Waals surface area contributed by atoms with Gasteiger partial charge in [-0.15, -0.1) is 23.5 Å². The smallest absolute Gasteiger partial charge is 0.0688 e. The van der Waals surface area contributed by atoms with Gasteiger partial charge >= 0.3 is 0 Å². The molecule has 0 aliphatic carbocycles. The maximum absolute atomic E-state index is 9.69. The second-order valence-electron chi connectivity index (χ2n) is 4.25. The molecule has 0 fully saturated rings. The Bertz CT molecular complexity index is 502. The summed E-state index contributed by atoms with van der Waals surface area (Å²) in [6.45, 7) is 0.197. The normalized spacial score (nSPS) is 16.5. The minimum absolute atomic E-state index is 0.189. The Labute approximate surface area is 116 Å². The molecule has 3 heteroatoms. The van der Waals surface area contributed by atoms with Gasteiger partial charge in [-0.2, -0.15) is 0 Å². The van der Waals surface area contributed by atoms with Crippen molar-refractivity contribution in [1.82, 2.24) is 0 Å². The van der Waals surface area contributed by atoms with Crippen molar-refractivity contribution < 1.29 is 5.11 Å². The molecule has 1 aliphatic rings. The summed E-state index contributed by atoms with van der Waals surface area (Å²) in [4.78, 5) is 2.67. The Morgan fingerprint density at radius 2 is 1.44 bits per heavy atom. The van der Waals surface area contributed by atoms with Crippen LogP contribution in [0.5, 0.6) is 0 Å². The second-order valence-corrected chi connectivity index (χ2v) is 6.92. The molecule has 0 saturated carbocycles. The fourth-order valence-corrected chi connectivity index (χ4v) is 5.23. The SMILES string of the molecule is OCC(c1ccccc1)C1Sc2ccccc2S1. The monoisotopic (exact) mass is 274 g/mol. The zero-order chi connectivity index (χ0) is 12.4. The lowest BCUT2D eigenvalue weighted by molar-refractivity contribution is 0.272. The average Bonchev–Trinajstić information content (AvgIpc) is 2.84. The fourth-order valence-electron chi connectivity index (χ4n) is 2.13. The molecule has 0 saturated heterocycles. The van der Waals surface area contributed by atoms with Crippen molar-refractivity contribution in [3.8, 4) is 0 Å². The Kier molecular flexibility index (Phi) is 3.64. The predicted molar refractivity (Wildman–Crippen MR) is 78.2 cm³/mol. The van der Waals surface area contributed by atoms with Crippen LogP contribution in [-0.4, -0.2) is 16.3 Å². The van der Waals surface area contributed by atoms with E-state index >= 15 is 0 Å². The molecule has 1 nitrogen and oxygen atoms in total. The Balaban J connectivity index is 1.84. The summed E-state index contributed by atoms with van der Waals surface area (Å²) < 4.78 is 0.370. The van der Waals surface area contributed by atoms with Crippen LogP contribution in [0.1, 0.15) is 11.5 Å². The molecule has 92 valence electrons. The van der Waals surface area contributed by atoms with E-state index in [1.165, 1.54) is 15.4 Å². The van der Waals surface area contributed by atoms with Crippen LogP contribution in [0.25, 0.3) is 0 Å². The summed E-state index contributed by atoms with van der Waals surface area (Å²) in [5.74, 6) is 0.189. The van der Waals surface area contributed by atoms with Crippen LogP contribution >= 0.6 is 23.5 Å². The van der Waals surface area contributed by atoms with Crippen molar-refractivity contribution in [2.24, 2.45) is 0 Å². The third-order valence-electron chi connectivity index (χ3n) is 3.09. The summed E-state index contributed by atoms with van der Waals surface area (Å²) >= 11 is 3.73. The van der Waals surface area contributed by atoms with Gasteiger partial charge in [-0.1, -0.05) is 42.5 Å². The van der Waals surface area contributed by atoms with Crippen molar-refractivity contribution in [3.63, 3.8) is 0 Å². The van der Waals surface area contributed by atoms with Crippen LogP contribution in [0.3, 0.4) is 0 Å². The van der Waals surface area contributed by atoms with Crippen LogP contribution in [0.15, 0.2) is 64.4 Å². The molecule has 1 N–H and O–H groups in total. The van der Waals surface area contributed by atoms with Gasteiger partial charge < -0.3 is 5.11 Å². The van der Waals surface area contributed by atoms with Crippen LogP contribution in [0, 0.1) is 0 Å². The maximum atomic E-state index is 9.69. The van der Waals surface area contributed by atoms with Crippen molar-refractivity contribution in [2.75, 3.05) is 6.61 Å². The summed E-state index contributed by atoms with van der Waals surface area (Å²) in [6, 6.07) is 18.8. The highest BCUT2D eigenvalue weighted by atomic mass is 32.2. The topological polar surface area (TPSA) is 20.2 Å². The molecule has 2 aromatic rings. The van der Waals surface area contributed by atoms with Crippen molar-refractivity contribution in [3.05, 3.63) is 60.2 Å². The van der Waals surface area contributed by atoms with Crippen molar-refractivity contribution in [1.29, 1.82) is 0 Å². The lowest BCUT2D eigenvalue weighted by Gasteiger charge is -2.20. The molecule has 2 aromatic carbocycles. The average molecular weight is 274 g/mol. The molecular formula is C15H14OS2. The highest BCUT2D eigenvalue weighted by molar-refractivity contribution is 8.19. The van der Waals surface area contributed by atoms with Gasteiger partial charge in [0.2, 0.25) is 0 Å². The van der Waals surface area contributed by atoms with E-state index in [2.05, 4.69) is 36.4 Å². The molecule has 0 spiro atoms. The fraction of sp³-hybridized carbons (Fsp3) is 0.200. The van der Waals surface area contributed by atoms with E-state index in [4.69, 9.17) is 0 Å². The zero-order valence-corrected chi connectivity index (χ0v) is 11.5. The van der Waals surface area contributed by atoms with Crippen LogP contribution in [0.2, 0.25) is 0 Å². The van der Waals surface area contributed by atoms with E-state index in [-0.39, 0.29) is 12.5 Å². The molecule has 1 unspecified atom stereocenters. The molecule has 0 amide bonds. The number of thioether (sulfide) groups is 2. The number of aliphatic hydroxyl groups is 1. The summed E-state index contributed by atoms with van der Waals surface area (Å²) in [7, 11) is 0. The number of benzene rings is 2. The van der Waals surface area contributed by atoms with E-state index in [0.717, 1.165) is 0 Å². The van der Waals surface area contributed by atoms with E-state index < -0.39 is 0 Å². The molecule has 18 heavy (non-hydrogen) atoms. The summed E-state index contributed by atoms with van der Waals surface area (Å²) in [6.07, 6.45) is 0. The van der Waals surface area contributed by atoms with Gasteiger partial charge in [0.1, 0.15) is 0 Å². The summed E-state index contributed by atoms with van der Waals surface area (Å²) in [5, 5.41) is 9.69. The van der Waals surface area contributed by atoms with Gasteiger partial charge in [0.15, 0.2) is 0 Å². The van der Waals surface area contributed by atoms with Crippen LogP contribution in [-0.2, 0) is 0 Å². The lowest BCUT2D eigenvalue weighted by Crippen LogP contribution is -2.14. The molecule has 0 bridgehead atoms. The Hall–Kier alpha value is -0.900. The second kappa shape index (κ2) is 5.39. The van der Waals surface area contributed by atoms with E-state index in [0.29, 0.717) is 4.58 Å². The first-order valence-corrected chi connectivity index (χ1v) is 7.72. The van der Waals surface area contributed by atoms with E-state index in [1.54, 1.807) is 0 Å². The van der Waals surface area contributed by atoms with Crippen molar-refractivity contribution in [2.45, 2.75) is 20.3 Å². The first-order valence-electron chi connectivity index (χ1n) is 5.96. The van der Waals surface area contributed by atoms with Gasteiger partial charge in [0, 0.05) is 15.7 Å². The zero-order valence-electron chi connectivity index (χ0n) is 9.82. The lowest BCUT2D eigenvalue weighted by atomic mass is 10.0. The predicted octanol–water partition coefficient (Wildman–Crippen LogP) is 3.99. The maximum Gasteiger partial charge on any atom is 0.0688 e. The molecular weight excluding hydrogens is 260 g/mol. The van der Waals surface area contributed by atoms with Gasteiger partial charge in [-0.3, -0.25) is 0 Å². The molecule has 3 rings (SSSR count). The van der Waals surface area contributed by atoms with E-state index in [1.807, 2.05) is 41.7 Å². The highest BCUT2D eigenvalue weighted by Gasteiger charge is 2.30. The minimum atomic E-state index is 0.189. The molecule has 1 heterocycles. The standard InChI is InChI=1S/C15H14OS2/c16-10-12(11-6-2-1-3-7-11)15-17-13-8-4-5-9-14(13)18-15/h1-9,12,15-16H,10H2. The number of rotatable bonds is 3. The number of fused-ring (bicyclic) bond motifs is 1. The number of hydrogen-bond acceptors (Lipinski definition) is 3. The van der Waals surface area contributed by atoms with Gasteiger partial charge in [0.05, 0.1) is 11.2 Å². The molecule has 1 aliphatic heterocycles. The molecule has 1 atom stereocenters. The summed E-state index contributed by atoms with van der Waals surface area (Å²) in [5.41, 5.74) is 1.22. The third-order valence-corrected chi connectivity index (χ3v) is 6.14. The van der Waals surface area contributed by atoms with E-state index in [9.17, 15) is 5.11 Å². The van der Waals surface area contributed by atoms with Crippen LogP contribution in [0.4, 0.5) is 0 Å². The van der Waals surface area contributed by atoms with Gasteiger partial charge in [-0.05, 0) is 17.7 Å². The number of aliphatic hydroxyl groups excluding tert-OH is 1. The Morgan fingerprint density at radius 3 is 2.00 bits per heavy atom. The van der Waals surface area contributed by atoms with Crippen molar-refractivity contribution >= 4 is 23.5 Å². The largest absolute Gasteiger partial charge is 0.396 e. The first-order chi connectivity index (χ1) is 8.88. The number of hydrogen-bond donors (Lipinski definition) is 1. The first kappa shape index (κ1) is 12.2.